The molecule has 24 heavy (non-hydrogen) atoms. The number of hydrogen-bond donors (Lipinski definition) is 1. The van der Waals surface area contributed by atoms with Crippen LogP contribution in [0.5, 0.6) is 5.88 Å². The van der Waals surface area contributed by atoms with E-state index in [2.05, 4.69) is 16.0 Å². The number of fused-ring (bicyclic) bond motifs is 1. The van der Waals surface area contributed by atoms with Crippen molar-refractivity contribution < 1.29 is 4.74 Å². The van der Waals surface area contributed by atoms with Gasteiger partial charge < -0.3 is 10.5 Å². The van der Waals surface area contributed by atoms with E-state index in [-0.39, 0.29) is 17.3 Å². The summed E-state index contributed by atoms with van der Waals surface area (Å²) in [6.45, 7) is 2.18. The van der Waals surface area contributed by atoms with Crippen LogP contribution in [-0.4, -0.2) is 16.6 Å². The van der Waals surface area contributed by atoms with Crippen LogP contribution in [0.4, 0.5) is 5.82 Å². The highest BCUT2D eigenvalue weighted by atomic mass is 16.5. The van der Waals surface area contributed by atoms with E-state index in [0.717, 1.165) is 5.56 Å². The molecule has 0 fully saturated rings. The molecule has 6 nitrogen and oxygen atoms in total. The number of benzene rings is 1. The minimum Gasteiger partial charge on any atom is -0.477 e. The molecule has 0 amide bonds. The predicted molar refractivity (Wildman–Crippen MR) is 90.0 cm³/mol. The molecule has 0 saturated heterocycles. The van der Waals surface area contributed by atoms with Gasteiger partial charge in [0.2, 0.25) is 5.88 Å². The average Bonchev–Trinajstić information content (AvgIpc) is 2.61. The van der Waals surface area contributed by atoms with Crippen LogP contribution in [0, 0.1) is 22.7 Å². The Balaban J connectivity index is 2.48. The third kappa shape index (κ3) is 2.47. The Hall–Kier alpha value is -3.64. The molecule has 116 valence electrons. The number of rotatable bonds is 3. The first-order valence-corrected chi connectivity index (χ1v) is 7.32. The zero-order valence-electron chi connectivity index (χ0n) is 12.9. The van der Waals surface area contributed by atoms with Crippen LogP contribution in [0.25, 0.3) is 22.2 Å². The van der Waals surface area contributed by atoms with Gasteiger partial charge in [-0.2, -0.15) is 15.5 Å². The van der Waals surface area contributed by atoms with Gasteiger partial charge in [0.25, 0.3) is 0 Å². The molecule has 0 aliphatic carbocycles. The number of nitrogens with zero attached hydrogens (tertiary/aromatic N) is 4. The van der Waals surface area contributed by atoms with Crippen LogP contribution in [-0.2, 0) is 0 Å². The molecule has 0 aliphatic heterocycles. The number of aromatic nitrogens is 2. The molecule has 0 atom stereocenters. The predicted octanol–water partition coefficient (Wildman–Crippen LogP) is 3.02. The molecule has 1 aromatic carbocycles. The van der Waals surface area contributed by atoms with E-state index in [1.54, 1.807) is 6.07 Å². The van der Waals surface area contributed by atoms with Gasteiger partial charge in [-0.15, -0.1) is 0 Å². The van der Waals surface area contributed by atoms with Crippen molar-refractivity contribution in [3.05, 3.63) is 47.5 Å². The number of nitrogens with two attached hydrogens (primary N) is 1. The fraction of sp³-hybridized carbons (Fsp3) is 0.111. The van der Waals surface area contributed by atoms with Crippen molar-refractivity contribution >= 4 is 16.9 Å². The third-order valence-electron chi connectivity index (χ3n) is 3.55. The second kappa shape index (κ2) is 6.23. The van der Waals surface area contributed by atoms with Crippen molar-refractivity contribution in [3.63, 3.8) is 0 Å². The smallest absolute Gasteiger partial charge is 0.234 e. The van der Waals surface area contributed by atoms with E-state index >= 15 is 0 Å². The highest BCUT2D eigenvalue weighted by Crippen LogP contribution is 2.36. The third-order valence-corrected chi connectivity index (χ3v) is 3.55. The maximum Gasteiger partial charge on any atom is 0.234 e. The Bertz CT molecular complexity index is 1000. The van der Waals surface area contributed by atoms with E-state index in [1.165, 1.54) is 0 Å². The normalized spacial score (nSPS) is 10.1. The minimum atomic E-state index is 0.101. The van der Waals surface area contributed by atoms with Crippen LogP contribution in [0.1, 0.15) is 18.1 Å². The molecule has 0 aliphatic rings. The Kier molecular flexibility index (Phi) is 3.96. The molecule has 0 bridgehead atoms. The van der Waals surface area contributed by atoms with Gasteiger partial charge in [0.05, 0.1) is 12.2 Å². The molecule has 0 spiro atoms. The number of hydrogen-bond acceptors (Lipinski definition) is 6. The largest absolute Gasteiger partial charge is 0.477 e. The van der Waals surface area contributed by atoms with Crippen molar-refractivity contribution in [1.82, 2.24) is 9.97 Å². The van der Waals surface area contributed by atoms with E-state index in [1.807, 2.05) is 43.3 Å². The zero-order chi connectivity index (χ0) is 17.1. The summed E-state index contributed by atoms with van der Waals surface area (Å²) in [5.41, 5.74) is 8.15. The molecule has 0 saturated carbocycles. The average molecular weight is 315 g/mol. The van der Waals surface area contributed by atoms with Crippen molar-refractivity contribution in [2.24, 2.45) is 0 Å². The lowest BCUT2D eigenvalue weighted by Crippen LogP contribution is -2.04. The summed E-state index contributed by atoms with van der Waals surface area (Å²) in [6, 6.07) is 15.2. The van der Waals surface area contributed by atoms with Gasteiger partial charge in [-0.05, 0) is 18.6 Å². The molecular formula is C18H13N5O. The summed E-state index contributed by atoms with van der Waals surface area (Å²) in [4.78, 5) is 8.52. The van der Waals surface area contributed by atoms with Gasteiger partial charge >= 0.3 is 0 Å². The van der Waals surface area contributed by atoms with E-state index in [9.17, 15) is 10.5 Å². The summed E-state index contributed by atoms with van der Waals surface area (Å²) >= 11 is 0. The number of ether oxygens (including phenoxy) is 1. The summed E-state index contributed by atoms with van der Waals surface area (Å²) < 4.78 is 5.52. The topological polar surface area (TPSA) is 109 Å². The van der Waals surface area contributed by atoms with Crippen LogP contribution in [0.15, 0.2) is 36.4 Å². The summed E-state index contributed by atoms with van der Waals surface area (Å²) in [6.07, 6.45) is 0. The number of anilines is 1. The van der Waals surface area contributed by atoms with Crippen molar-refractivity contribution in [2.45, 2.75) is 6.92 Å². The summed E-state index contributed by atoms with van der Waals surface area (Å²) in [7, 11) is 0. The van der Waals surface area contributed by atoms with Crippen molar-refractivity contribution in [2.75, 3.05) is 12.3 Å². The first kappa shape index (κ1) is 15.3. The first-order chi connectivity index (χ1) is 11.7. The van der Waals surface area contributed by atoms with E-state index < -0.39 is 0 Å². The molecule has 6 heteroatoms. The van der Waals surface area contributed by atoms with Gasteiger partial charge in [0.1, 0.15) is 23.5 Å². The van der Waals surface area contributed by atoms with Gasteiger partial charge in [-0.3, -0.25) is 0 Å². The van der Waals surface area contributed by atoms with Gasteiger partial charge in [0, 0.05) is 10.9 Å². The fourth-order valence-electron chi connectivity index (χ4n) is 2.52. The number of nitriles is 2. The molecule has 0 radical (unpaired) electrons. The highest BCUT2D eigenvalue weighted by molar-refractivity contribution is 5.98. The van der Waals surface area contributed by atoms with Crippen molar-refractivity contribution in [3.8, 4) is 29.1 Å². The molecule has 2 heterocycles. The Morgan fingerprint density at radius 1 is 1.12 bits per heavy atom. The summed E-state index contributed by atoms with van der Waals surface area (Å²) in [5, 5.41) is 19.5. The summed E-state index contributed by atoms with van der Waals surface area (Å²) in [5.74, 6) is 0.312. The molecule has 2 aromatic heterocycles. The highest BCUT2D eigenvalue weighted by Gasteiger charge is 2.19. The monoisotopic (exact) mass is 315 g/mol. The molecule has 3 aromatic rings. The van der Waals surface area contributed by atoms with Gasteiger partial charge in [-0.1, -0.05) is 30.3 Å². The van der Waals surface area contributed by atoms with Gasteiger partial charge in [-0.25, -0.2) is 4.98 Å². The molecule has 0 unspecified atom stereocenters. The van der Waals surface area contributed by atoms with Crippen LogP contribution >= 0.6 is 0 Å². The molecule has 2 N–H and O–H groups in total. The van der Waals surface area contributed by atoms with E-state index in [4.69, 9.17) is 10.5 Å². The van der Waals surface area contributed by atoms with Crippen molar-refractivity contribution in [1.29, 1.82) is 10.5 Å². The second-order valence-electron chi connectivity index (χ2n) is 4.98. The maximum atomic E-state index is 9.65. The lowest BCUT2D eigenvalue weighted by molar-refractivity contribution is 0.327. The molecule has 3 rings (SSSR count). The maximum absolute atomic E-state index is 9.65. The first-order valence-electron chi connectivity index (χ1n) is 7.32. The standard InChI is InChI=1S/C18H13N5O/c1-2-24-18-14(10-20)15(11-6-4-3-5-7-11)13-8-12(9-19)16(21)22-17(13)23-18/h3-8H,2H2,1H3,(H2,21,22,23). The lowest BCUT2D eigenvalue weighted by Gasteiger charge is -2.13. The van der Waals surface area contributed by atoms with Crippen LogP contribution in [0.3, 0.4) is 0 Å². The Morgan fingerprint density at radius 3 is 2.50 bits per heavy atom. The Morgan fingerprint density at radius 2 is 1.88 bits per heavy atom. The quantitative estimate of drug-likeness (QED) is 0.795. The fourth-order valence-corrected chi connectivity index (χ4v) is 2.52. The van der Waals surface area contributed by atoms with Crippen LogP contribution < -0.4 is 10.5 Å². The number of nitrogen functional groups attached to an aromatic ring is 1. The zero-order valence-corrected chi connectivity index (χ0v) is 12.9. The molecular weight excluding hydrogens is 302 g/mol. The van der Waals surface area contributed by atoms with Crippen LogP contribution in [0.2, 0.25) is 0 Å². The second-order valence-corrected chi connectivity index (χ2v) is 4.98. The minimum absolute atomic E-state index is 0.101. The number of pyridine rings is 2. The van der Waals surface area contributed by atoms with Gasteiger partial charge in [0.15, 0.2) is 5.65 Å². The lowest BCUT2D eigenvalue weighted by atomic mass is 9.97. The Labute approximate surface area is 138 Å². The van der Waals surface area contributed by atoms with E-state index in [0.29, 0.717) is 28.8 Å². The SMILES string of the molecule is CCOc1nc2nc(N)c(C#N)cc2c(-c2ccccc2)c1C#N.